The standard InChI is InChI=1S/C9H7F3N2O/c10-9(11,12)7-3-1-2-5-6(7)4-14(13)8(5)15/h1-3H,4,13H2. The van der Waals surface area contributed by atoms with Gasteiger partial charge in [0.05, 0.1) is 12.1 Å². The first-order valence-electron chi connectivity index (χ1n) is 4.17. The van der Waals surface area contributed by atoms with Crippen LogP contribution in [0.25, 0.3) is 0 Å². The summed E-state index contributed by atoms with van der Waals surface area (Å²) in [7, 11) is 0. The molecule has 0 spiro atoms. The van der Waals surface area contributed by atoms with E-state index in [-0.39, 0.29) is 17.7 Å². The zero-order valence-corrected chi connectivity index (χ0v) is 7.51. The highest BCUT2D eigenvalue weighted by atomic mass is 19.4. The molecule has 2 N–H and O–H groups in total. The summed E-state index contributed by atoms with van der Waals surface area (Å²) in [5.74, 6) is 4.68. The van der Waals surface area contributed by atoms with E-state index >= 15 is 0 Å². The lowest BCUT2D eigenvalue weighted by atomic mass is 10.0. The molecule has 1 aliphatic heterocycles. The number of halogens is 3. The van der Waals surface area contributed by atoms with Crippen LogP contribution in [0.2, 0.25) is 0 Å². The SMILES string of the molecule is NN1Cc2c(cccc2C(F)(F)F)C1=O. The Labute approximate surface area is 83.2 Å². The molecule has 3 nitrogen and oxygen atoms in total. The molecule has 1 aromatic carbocycles. The third kappa shape index (κ3) is 1.46. The van der Waals surface area contributed by atoms with E-state index < -0.39 is 17.6 Å². The van der Waals surface area contributed by atoms with Crippen molar-refractivity contribution in [2.24, 2.45) is 5.84 Å². The van der Waals surface area contributed by atoms with Crippen LogP contribution in [0.3, 0.4) is 0 Å². The molecule has 0 aromatic heterocycles. The average Bonchev–Trinajstić information content (AvgIpc) is 2.41. The normalized spacial score (nSPS) is 15.7. The zero-order valence-electron chi connectivity index (χ0n) is 7.51. The molecule has 1 aromatic rings. The maximum atomic E-state index is 12.5. The second-order valence-electron chi connectivity index (χ2n) is 3.26. The fourth-order valence-corrected chi connectivity index (χ4v) is 1.62. The monoisotopic (exact) mass is 216 g/mol. The van der Waals surface area contributed by atoms with E-state index in [0.29, 0.717) is 0 Å². The first-order chi connectivity index (χ1) is 6.91. The molecular formula is C9H7F3N2O. The van der Waals surface area contributed by atoms with Crippen LogP contribution in [0.4, 0.5) is 13.2 Å². The summed E-state index contributed by atoms with van der Waals surface area (Å²) >= 11 is 0. The Morgan fingerprint density at radius 3 is 2.60 bits per heavy atom. The van der Waals surface area contributed by atoms with Gasteiger partial charge in [-0.05, 0) is 17.7 Å². The number of amides is 1. The highest BCUT2D eigenvalue weighted by molar-refractivity contribution is 5.98. The van der Waals surface area contributed by atoms with Crippen molar-refractivity contribution in [3.63, 3.8) is 0 Å². The Morgan fingerprint density at radius 1 is 1.33 bits per heavy atom. The Kier molecular flexibility index (Phi) is 1.97. The van der Waals surface area contributed by atoms with Gasteiger partial charge in [0.1, 0.15) is 0 Å². The van der Waals surface area contributed by atoms with E-state index in [2.05, 4.69) is 0 Å². The third-order valence-corrected chi connectivity index (χ3v) is 2.30. The molecule has 0 aliphatic carbocycles. The molecule has 1 heterocycles. The van der Waals surface area contributed by atoms with E-state index in [0.717, 1.165) is 11.1 Å². The minimum Gasteiger partial charge on any atom is -0.272 e. The molecule has 0 saturated heterocycles. The van der Waals surface area contributed by atoms with Crippen LogP contribution < -0.4 is 5.84 Å². The number of hydrazine groups is 1. The molecule has 0 fully saturated rings. The maximum Gasteiger partial charge on any atom is 0.416 e. The molecule has 80 valence electrons. The van der Waals surface area contributed by atoms with Gasteiger partial charge < -0.3 is 0 Å². The summed E-state index contributed by atoms with van der Waals surface area (Å²) in [6.45, 7) is -0.191. The fourth-order valence-electron chi connectivity index (χ4n) is 1.62. The molecule has 0 saturated carbocycles. The van der Waals surface area contributed by atoms with Crippen molar-refractivity contribution in [2.75, 3.05) is 0 Å². The van der Waals surface area contributed by atoms with Crippen molar-refractivity contribution >= 4 is 5.91 Å². The molecule has 0 bridgehead atoms. The lowest BCUT2D eigenvalue weighted by Crippen LogP contribution is -2.30. The number of benzene rings is 1. The highest BCUT2D eigenvalue weighted by Gasteiger charge is 2.38. The van der Waals surface area contributed by atoms with Gasteiger partial charge in [0, 0.05) is 5.56 Å². The maximum absolute atomic E-state index is 12.5. The van der Waals surface area contributed by atoms with Crippen molar-refractivity contribution in [3.8, 4) is 0 Å². The summed E-state index contributed by atoms with van der Waals surface area (Å²) in [5.41, 5.74) is -0.800. The van der Waals surface area contributed by atoms with Gasteiger partial charge in [0.15, 0.2) is 0 Å². The van der Waals surface area contributed by atoms with Gasteiger partial charge in [0.2, 0.25) is 0 Å². The van der Waals surface area contributed by atoms with Crippen LogP contribution >= 0.6 is 0 Å². The predicted molar refractivity (Wildman–Crippen MR) is 45.5 cm³/mol. The van der Waals surface area contributed by atoms with Crippen LogP contribution in [0.5, 0.6) is 0 Å². The fraction of sp³-hybridized carbons (Fsp3) is 0.222. The van der Waals surface area contributed by atoms with Crippen molar-refractivity contribution in [3.05, 3.63) is 34.9 Å². The Bertz CT molecular complexity index is 428. The molecule has 1 amide bonds. The summed E-state index contributed by atoms with van der Waals surface area (Å²) in [5, 5.41) is 0.778. The van der Waals surface area contributed by atoms with Gasteiger partial charge in [-0.1, -0.05) is 6.07 Å². The smallest absolute Gasteiger partial charge is 0.272 e. The van der Waals surface area contributed by atoms with E-state index in [1.54, 1.807) is 0 Å². The largest absolute Gasteiger partial charge is 0.416 e. The van der Waals surface area contributed by atoms with E-state index in [9.17, 15) is 18.0 Å². The number of carbonyl (C=O) groups is 1. The van der Waals surface area contributed by atoms with Crippen LogP contribution in [-0.4, -0.2) is 10.9 Å². The zero-order chi connectivity index (χ0) is 11.2. The molecule has 15 heavy (non-hydrogen) atoms. The third-order valence-electron chi connectivity index (χ3n) is 2.30. The second kappa shape index (κ2) is 2.96. The predicted octanol–water partition coefficient (Wildman–Crippen LogP) is 1.53. The van der Waals surface area contributed by atoms with Crippen molar-refractivity contribution in [2.45, 2.75) is 12.7 Å². The molecule has 2 rings (SSSR count). The van der Waals surface area contributed by atoms with Gasteiger partial charge >= 0.3 is 6.18 Å². The van der Waals surface area contributed by atoms with Crippen LogP contribution in [-0.2, 0) is 12.7 Å². The lowest BCUT2D eigenvalue weighted by Gasteiger charge is -2.10. The molecular weight excluding hydrogens is 209 g/mol. The van der Waals surface area contributed by atoms with Gasteiger partial charge in [-0.15, -0.1) is 0 Å². The second-order valence-corrected chi connectivity index (χ2v) is 3.26. The summed E-state index contributed by atoms with van der Waals surface area (Å²) in [6, 6.07) is 3.50. The number of rotatable bonds is 0. The first-order valence-corrected chi connectivity index (χ1v) is 4.17. The molecule has 6 heteroatoms. The minimum atomic E-state index is -4.45. The Balaban J connectivity index is 2.60. The number of hydrogen-bond acceptors (Lipinski definition) is 2. The highest BCUT2D eigenvalue weighted by Crippen LogP contribution is 2.36. The summed E-state index contributed by atoms with van der Waals surface area (Å²) < 4.78 is 37.6. The van der Waals surface area contributed by atoms with Gasteiger partial charge in [-0.2, -0.15) is 13.2 Å². The number of alkyl halides is 3. The Hall–Kier alpha value is -1.56. The van der Waals surface area contributed by atoms with E-state index in [1.807, 2.05) is 0 Å². The Morgan fingerprint density at radius 2 is 2.00 bits per heavy atom. The van der Waals surface area contributed by atoms with Crippen LogP contribution in [0, 0.1) is 0 Å². The topological polar surface area (TPSA) is 46.3 Å². The van der Waals surface area contributed by atoms with E-state index in [4.69, 9.17) is 5.84 Å². The van der Waals surface area contributed by atoms with Crippen molar-refractivity contribution < 1.29 is 18.0 Å². The van der Waals surface area contributed by atoms with Gasteiger partial charge in [0.25, 0.3) is 5.91 Å². The number of nitrogens with zero attached hydrogens (tertiary/aromatic N) is 1. The number of fused-ring (bicyclic) bond motifs is 1. The number of hydrogen-bond donors (Lipinski definition) is 1. The molecule has 0 unspecified atom stereocenters. The summed E-state index contributed by atoms with van der Waals surface area (Å²) in [6.07, 6.45) is -4.45. The lowest BCUT2D eigenvalue weighted by molar-refractivity contribution is -0.138. The van der Waals surface area contributed by atoms with Crippen LogP contribution in [0.1, 0.15) is 21.5 Å². The van der Waals surface area contributed by atoms with E-state index in [1.165, 1.54) is 12.1 Å². The molecule has 1 aliphatic rings. The molecule has 0 radical (unpaired) electrons. The quantitative estimate of drug-likeness (QED) is 0.528. The molecule has 0 atom stereocenters. The number of nitrogens with two attached hydrogens (primary N) is 1. The first kappa shape index (κ1) is 9.97. The minimum absolute atomic E-state index is 0.0346. The van der Waals surface area contributed by atoms with Crippen molar-refractivity contribution in [1.82, 2.24) is 5.01 Å². The van der Waals surface area contributed by atoms with Gasteiger partial charge in [-0.25, -0.2) is 5.84 Å². The van der Waals surface area contributed by atoms with Crippen LogP contribution in [0.15, 0.2) is 18.2 Å². The number of carbonyl (C=O) groups excluding carboxylic acids is 1. The summed E-state index contributed by atoms with van der Waals surface area (Å²) in [4.78, 5) is 11.3. The average molecular weight is 216 g/mol. The van der Waals surface area contributed by atoms with Gasteiger partial charge in [-0.3, -0.25) is 9.80 Å². The van der Waals surface area contributed by atoms with Crippen molar-refractivity contribution in [1.29, 1.82) is 0 Å².